The Hall–Kier alpha value is -0.430. The van der Waals surface area contributed by atoms with E-state index < -0.39 is 10.0 Å². The molecule has 1 saturated heterocycles. The third kappa shape index (κ3) is 2.54. The summed E-state index contributed by atoms with van der Waals surface area (Å²) in [6.07, 6.45) is 2.06. The Morgan fingerprint density at radius 2 is 2.35 bits per heavy atom. The Morgan fingerprint density at radius 1 is 1.59 bits per heavy atom. The highest BCUT2D eigenvalue weighted by atomic mass is 32.2. The molecule has 1 aromatic heterocycles. The number of hydrogen-bond acceptors (Lipinski definition) is 4. The summed E-state index contributed by atoms with van der Waals surface area (Å²) in [5.74, 6) is 0.443. The van der Waals surface area contributed by atoms with Crippen molar-refractivity contribution in [2.75, 3.05) is 13.1 Å². The molecule has 0 aliphatic carbocycles. The normalized spacial score (nSPS) is 22.8. The lowest BCUT2D eigenvalue weighted by molar-refractivity contribution is 0.281. The van der Waals surface area contributed by atoms with Crippen LogP contribution >= 0.6 is 11.3 Å². The van der Waals surface area contributed by atoms with Gasteiger partial charge in [0.2, 0.25) is 10.0 Å². The topological polar surface area (TPSA) is 63.4 Å². The first kappa shape index (κ1) is 13.0. The van der Waals surface area contributed by atoms with Crippen molar-refractivity contribution in [2.45, 2.75) is 31.2 Å². The Bertz CT molecular complexity index is 481. The Morgan fingerprint density at radius 3 is 3.00 bits per heavy atom. The lowest BCUT2D eigenvalue weighted by atomic mass is 10.0. The van der Waals surface area contributed by atoms with E-state index in [1.54, 1.807) is 15.8 Å². The van der Waals surface area contributed by atoms with E-state index in [2.05, 4.69) is 6.92 Å². The third-order valence-electron chi connectivity index (χ3n) is 3.13. The van der Waals surface area contributed by atoms with E-state index in [4.69, 9.17) is 5.73 Å². The van der Waals surface area contributed by atoms with Crippen molar-refractivity contribution in [3.63, 3.8) is 0 Å². The zero-order valence-electron chi connectivity index (χ0n) is 9.93. The fourth-order valence-corrected chi connectivity index (χ4v) is 5.12. The standard InChI is InChI=1S/C11H18N2O2S2/c1-9-3-2-5-13(8-9)17(14,15)11-4-6-16-10(11)7-12/h4,6,9H,2-3,5,7-8,12H2,1H3/t9-/m0/s1. The Balaban J connectivity index is 2.30. The zero-order chi connectivity index (χ0) is 12.5. The van der Waals surface area contributed by atoms with Crippen molar-refractivity contribution in [3.05, 3.63) is 16.3 Å². The van der Waals surface area contributed by atoms with Crippen molar-refractivity contribution in [3.8, 4) is 0 Å². The van der Waals surface area contributed by atoms with Gasteiger partial charge in [-0.2, -0.15) is 4.31 Å². The summed E-state index contributed by atoms with van der Waals surface area (Å²) in [5, 5.41) is 1.79. The molecule has 96 valence electrons. The van der Waals surface area contributed by atoms with Crippen LogP contribution in [0.3, 0.4) is 0 Å². The Labute approximate surface area is 106 Å². The third-order valence-corrected chi connectivity index (χ3v) is 6.15. The highest BCUT2D eigenvalue weighted by molar-refractivity contribution is 7.89. The van der Waals surface area contributed by atoms with Gasteiger partial charge in [0.25, 0.3) is 0 Å². The second-order valence-corrected chi connectivity index (χ2v) is 7.43. The molecule has 0 amide bonds. The summed E-state index contributed by atoms with van der Waals surface area (Å²) in [7, 11) is -3.33. The molecule has 2 rings (SSSR count). The van der Waals surface area contributed by atoms with E-state index in [0.29, 0.717) is 23.9 Å². The molecule has 6 heteroatoms. The molecule has 1 aliphatic heterocycles. The van der Waals surface area contributed by atoms with E-state index in [1.807, 2.05) is 0 Å². The predicted molar refractivity (Wildman–Crippen MR) is 69.4 cm³/mol. The van der Waals surface area contributed by atoms with Crippen molar-refractivity contribution < 1.29 is 8.42 Å². The van der Waals surface area contributed by atoms with Crippen LogP contribution < -0.4 is 5.73 Å². The number of thiophene rings is 1. The largest absolute Gasteiger partial charge is 0.326 e. The maximum atomic E-state index is 12.5. The summed E-state index contributed by atoms with van der Waals surface area (Å²) in [6.45, 7) is 3.64. The number of nitrogens with two attached hydrogens (primary N) is 1. The van der Waals surface area contributed by atoms with Gasteiger partial charge in [0.05, 0.1) is 4.90 Å². The SMILES string of the molecule is C[C@H]1CCCN(S(=O)(=O)c2ccsc2CN)C1. The molecule has 0 saturated carbocycles. The summed E-state index contributed by atoms with van der Waals surface area (Å²) < 4.78 is 26.5. The molecule has 0 radical (unpaired) electrons. The second-order valence-electron chi connectivity index (χ2n) is 4.52. The van der Waals surface area contributed by atoms with Crippen LogP contribution in [0, 0.1) is 5.92 Å². The lowest BCUT2D eigenvalue weighted by Crippen LogP contribution is -2.39. The van der Waals surface area contributed by atoms with E-state index >= 15 is 0 Å². The van der Waals surface area contributed by atoms with Crippen LogP contribution in [0.4, 0.5) is 0 Å². The summed E-state index contributed by atoms with van der Waals surface area (Å²) in [4.78, 5) is 1.15. The van der Waals surface area contributed by atoms with E-state index in [0.717, 1.165) is 17.7 Å². The predicted octanol–water partition coefficient (Wildman–Crippen LogP) is 1.63. The molecule has 1 aliphatic rings. The van der Waals surface area contributed by atoms with Gasteiger partial charge in [0, 0.05) is 24.5 Å². The van der Waals surface area contributed by atoms with Gasteiger partial charge >= 0.3 is 0 Å². The molecular weight excluding hydrogens is 256 g/mol. The summed E-state index contributed by atoms with van der Waals surface area (Å²) >= 11 is 1.41. The van der Waals surface area contributed by atoms with Gasteiger partial charge in [-0.15, -0.1) is 11.3 Å². The molecule has 0 unspecified atom stereocenters. The van der Waals surface area contributed by atoms with Gasteiger partial charge in [-0.1, -0.05) is 6.92 Å². The molecule has 1 atom stereocenters. The highest BCUT2D eigenvalue weighted by Crippen LogP contribution is 2.28. The van der Waals surface area contributed by atoms with Crippen LogP contribution in [0.25, 0.3) is 0 Å². The van der Waals surface area contributed by atoms with Crippen LogP contribution in [0.5, 0.6) is 0 Å². The fraction of sp³-hybridized carbons (Fsp3) is 0.636. The van der Waals surface area contributed by atoms with Gasteiger partial charge in [0.1, 0.15) is 0 Å². The average Bonchev–Trinajstić information content (AvgIpc) is 2.77. The highest BCUT2D eigenvalue weighted by Gasteiger charge is 2.30. The first-order chi connectivity index (χ1) is 8.05. The molecular formula is C11H18N2O2S2. The molecule has 0 bridgehead atoms. The van der Waals surface area contributed by atoms with Gasteiger partial charge < -0.3 is 5.73 Å². The maximum Gasteiger partial charge on any atom is 0.244 e. The van der Waals surface area contributed by atoms with Gasteiger partial charge in [-0.05, 0) is 30.2 Å². The smallest absolute Gasteiger partial charge is 0.244 e. The minimum absolute atomic E-state index is 0.287. The van der Waals surface area contributed by atoms with Crippen LogP contribution in [-0.4, -0.2) is 25.8 Å². The minimum Gasteiger partial charge on any atom is -0.326 e. The van der Waals surface area contributed by atoms with Crippen LogP contribution in [0.2, 0.25) is 0 Å². The molecule has 2 heterocycles. The van der Waals surface area contributed by atoms with Crippen LogP contribution in [0.15, 0.2) is 16.3 Å². The first-order valence-corrected chi connectivity index (χ1v) is 8.14. The van der Waals surface area contributed by atoms with E-state index in [-0.39, 0.29) is 6.54 Å². The fourth-order valence-electron chi connectivity index (χ4n) is 2.21. The number of hydrogen-bond donors (Lipinski definition) is 1. The zero-order valence-corrected chi connectivity index (χ0v) is 11.6. The van der Waals surface area contributed by atoms with Crippen molar-refractivity contribution in [2.24, 2.45) is 11.7 Å². The molecule has 0 spiro atoms. The van der Waals surface area contributed by atoms with Crippen molar-refractivity contribution in [1.29, 1.82) is 0 Å². The van der Waals surface area contributed by atoms with Crippen LogP contribution in [0.1, 0.15) is 24.6 Å². The number of rotatable bonds is 3. The van der Waals surface area contributed by atoms with Gasteiger partial charge in [-0.25, -0.2) is 8.42 Å². The average molecular weight is 274 g/mol. The van der Waals surface area contributed by atoms with Crippen LogP contribution in [-0.2, 0) is 16.6 Å². The second kappa shape index (κ2) is 5.06. The summed E-state index contributed by atoms with van der Waals surface area (Å²) in [5.41, 5.74) is 5.58. The number of piperidine rings is 1. The van der Waals surface area contributed by atoms with Crippen molar-refractivity contribution in [1.82, 2.24) is 4.31 Å². The summed E-state index contributed by atoms with van der Waals surface area (Å²) in [6, 6.07) is 1.67. The van der Waals surface area contributed by atoms with E-state index in [1.165, 1.54) is 11.3 Å². The molecule has 17 heavy (non-hydrogen) atoms. The molecule has 4 nitrogen and oxygen atoms in total. The van der Waals surface area contributed by atoms with Gasteiger partial charge in [0.15, 0.2) is 0 Å². The quantitative estimate of drug-likeness (QED) is 0.911. The van der Waals surface area contributed by atoms with Gasteiger partial charge in [-0.3, -0.25) is 0 Å². The molecule has 1 fully saturated rings. The van der Waals surface area contributed by atoms with Crippen molar-refractivity contribution >= 4 is 21.4 Å². The Kier molecular flexibility index (Phi) is 3.87. The van der Waals surface area contributed by atoms with E-state index in [9.17, 15) is 8.42 Å². The number of nitrogens with zero attached hydrogens (tertiary/aromatic N) is 1. The lowest BCUT2D eigenvalue weighted by Gasteiger charge is -2.30. The number of sulfonamides is 1. The molecule has 1 aromatic rings. The monoisotopic (exact) mass is 274 g/mol. The first-order valence-electron chi connectivity index (χ1n) is 5.82. The minimum atomic E-state index is -3.33. The molecule has 2 N–H and O–H groups in total. The molecule has 0 aromatic carbocycles. The maximum absolute atomic E-state index is 12.5.